The molecule has 1 N–H and O–H groups in total. The maximum absolute atomic E-state index is 12.9. The van der Waals surface area contributed by atoms with Crippen molar-refractivity contribution < 1.29 is 17.9 Å². The molecule has 1 aromatic carbocycles. The summed E-state index contributed by atoms with van der Waals surface area (Å²) in [5.74, 6) is 0.977. The van der Waals surface area contributed by atoms with Gasteiger partial charge in [-0.3, -0.25) is 4.79 Å². The summed E-state index contributed by atoms with van der Waals surface area (Å²) >= 11 is 1.37. The molecule has 1 aliphatic carbocycles. The van der Waals surface area contributed by atoms with E-state index in [1.165, 1.54) is 35.3 Å². The molecule has 11 heteroatoms. The number of hydrogen-bond acceptors (Lipinski definition) is 7. The number of aromatic nitrogens is 3. The fourth-order valence-corrected chi connectivity index (χ4v) is 6.47. The van der Waals surface area contributed by atoms with E-state index in [1.807, 2.05) is 11.5 Å². The van der Waals surface area contributed by atoms with Gasteiger partial charge in [0.2, 0.25) is 15.9 Å². The minimum Gasteiger partial charge on any atom is -0.379 e. The summed E-state index contributed by atoms with van der Waals surface area (Å²) < 4.78 is 34.4. The largest absolute Gasteiger partial charge is 0.379 e. The summed E-state index contributed by atoms with van der Waals surface area (Å²) in [5.41, 5.74) is 0.781. The van der Waals surface area contributed by atoms with E-state index >= 15 is 0 Å². The topological polar surface area (TPSA) is 106 Å². The van der Waals surface area contributed by atoms with Crippen molar-refractivity contribution in [1.82, 2.24) is 24.4 Å². The Kier molecular flexibility index (Phi) is 8.05. The number of amides is 1. The Hall–Kier alpha value is -1.95. The number of carbonyl (C=O) groups is 1. The SMILES string of the molecule is CCn1c(SCC(=O)NC2CCCCC2)nnc1-c1ccc(S(=O)(=O)N2CCOCC2)cc1. The Morgan fingerprint density at radius 1 is 1.12 bits per heavy atom. The fourth-order valence-electron chi connectivity index (χ4n) is 4.25. The number of rotatable bonds is 8. The zero-order valence-electron chi connectivity index (χ0n) is 18.9. The van der Waals surface area contributed by atoms with Crippen molar-refractivity contribution in [2.24, 2.45) is 0 Å². The number of thioether (sulfide) groups is 1. The van der Waals surface area contributed by atoms with E-state index in [0.29, 0.717) is 55.6 Å². The van der Waals surface area contributed by atoms with Gasteiger partial charge in [-0.25, -0.2) is 8.42 Å². The first-order valence-corrected chi connectivity index (χ1v) is 14.0. The van der Waals surface area contributed by atoms with Gasteiger partial charge >= 0.3 is 0 Å². The summed E-state index contributed by atoms with van der Waals surface area (Å²) in [6.45, 7) is 4.19. The lowest BCUT2D eigenvalue weighted by Crippen LogP contribution is -2.40. The molecule has 4 rings (SSSR count). The maximum atomic E-state index is 12.9. The molecule has 1 saturated heterocycles. The zero-order valence-corrected chi connectivity index (χ0v) is 20.5. The van der Waals surface area contributed by atoms with Crippen LogP contribution in [0.5, 0.6) is 0 Å². The number of benzene rings is 1. The molecule has 1 amide bonds. The lowest BCUT2D eigenvalue weighted by atomic mass is 9.95. The molecule has 0 radical (unpaired) electrons. The molecule has 180 valence electrons. The molecule has 33 heavy (non-hydrogen) atoms. The monoisotopic (exact) mass is 493 g/mol. The second-order valence-corrected chi connectivity index (χ2v) is 11.2. The minimum atomic E-state index is -3.54. The molecule has 0 spiro atoms. The van der Waals surface area contributed by atoms with E-state index in [2.05, 4.69) is 15.5 Å². The van der Waals surface area contributed by atoms with Crippen LogP contribution < -0.4 is 5.32 Å². The number of sulfonamides is 1. The average molecular weight is 494 g/mol. The Morgan fingerprint density at radius 3 is 2.48 bits per heavy atom. The van der Waals surface area contributed by atoms with Crippen LogP contribution in [0.3, 0.4) is 0 Å². The number of morpholine rings is 1. The van der Waals surface area contributed by atoms with Gasteiger partial charge in [-0.2, -0.15) is 4.31 Å². The third-order valence-corrected chi connectivity index (χ3v) is 8.94. The molecular weight excluding hydrogens is 462 g/mol. The molecule has 1 aromatic heterocycles. The first kappa shape index (κ1) is 24.2. The molecule has 2 aliphatic rings. The van der Waals surface area contributed by atoms with Gasteiger partial charge in [0, 0.05) is 31.2 Å². The molecule has 0 unspecified atom stereocenters. The Bertz CT molecular complexity index is 1040. The van der Waals surface area contributed by atoms with Crippen LogP contribution in [0.25, 0.3) is 11.4 Å². The van der Waals surface area contributed by atoms with Crippen molar-refractivity contribution in [2.75, 3.05) is 32.1 Å². The molecule has 2 aromatic rings. The van der Waals surface area contributed by atoms with E-state index in [0.717, 1.165) is 18.4 Å². The number of carbonyl (C=O) groups excluding carboxylic acids is 1. The van der Waals surface area contributed by atoms with Gasteiger partial charge in [-0.1, -0.05) is 31.0 Å². The van der Waals surface area contributed by atoms with E-state index in [1.54, 1.807) is 24.3 Å². The summed E-state index contributed by atoms with van der Waals surface area (Å²) in [6.07, 6.45) is 5.73. The highest BCUT2D eigenvalue weighted by Gasteiger charge is 2.26. The van der Waals surface area contributed by atoms with E-state index < -0.39 is 10.0 Å². The number of ether oxygens (including phenoxy) is 1. The highest BCUT2D eigenvalue weighted by atomic mass is 32.2. The second kappa shape index (κ2) is 11.0. The van der Waals surface area contributed by atoms with Crippen LogP contribution in [0.1, 0.15) is 39.0 Å². The summed E-state index contributed by atoms with van der Waals surface area (Å²) in [7, 11) is -3.54. The van der Waals surface area contributed by atoms with Crippen molar-refractivity contribution >= 4 is 27.7 Å². The van der Waals surface area contributed by atoms with Crippen LogP contribution in [0, 0.1) is 0 Å². The third kappa shape index (κ3) is 5.76. The number of hydrogen-bond donors (Lipinski definition) is 1. The zero-order chi connectivity index (χ0) is 23.3. The van der Waals surface area contributed by atoms with Crippen LogP contribution >= 0.6 is 11.8 Å². The van der Waals surface area contributed by atoms with Crippen molar-refractivity contribution in [3.63, 3.8) is 0 Å². The predicted molar refractivity (Wildman–Crippen MR) is 126 cm³/mol. The first-order valence-electron chi connectivity index (χ1n) is 11.5. The summed E-state index contributed by atoms with van der Waals surface area (Å²) in [6, 6.07) is 7.03. The van der Waals surface area contributed by atoms with Crippen LogP contribution in [0.4, 0.5) is 0 Å². The first-order chi connectivity index (χ1) is 16.0. The van der Waals surface area contributed by atoms with Gasteiger partial charge in [-0.15, -0.1) is 10.2 Å². The van der Waals surface area contributed by atoms with Crippen molar-refractivity contribution in [2.45, 2.75) is 61.7 Å². The van der Waals surface area contributed by atoms with Crippen LogP contribution in [0.15, 0.2) is 34.3 Å². The molecule has 1 saturated carbocycles. The van der Waals surface area contributed by atoms with Gasteiger partial charge in [0.25, 0.3) is 0 Å². The number of nitrogens with one attached hydrogen (secondary N) is 1. The average Bonchev–Trinajstić information content (AvgIpc) is 3.27. The van der Waals surface area contributed by atoms with Crippen molar-refractivity contribution in [1.29, 1.82) is 0 Å². The summed E-state index contributed by atoms with van der Waals surface area (Å²) in [5, 5.41) is 12.4. The van der Waals surface area contributed by atoms with E-state index in [9.17, 15) is 13.2 Å². The molecular formula is C22H31N5O4S2. The maximum Gasteiger partial charge on any atom is 0.243 e. The van der Waals surface area contributed by atoms with Crippen LogP contribution in [0.2, 0.25) is 0 Å². The predicted octanol–water partition coefficient (Wildman–Crippen LogP) is 2.53. The molecule has 1 aliphatic heterocycles. The van der Waals surface area contributed by atoms with Gasteiger partial charge in [0.1, 0.15) is 0 Å². The molecule has 0 atom stereocenters. The molecule has 2 fully saturated rings. The van der Waals surface area contributed by atoms with Gasteiger partial charge in [0.05, 0.1) is 23.9 Å². The lowest BCUT2D eigenvalue weighted by molar-refractivity contribution is -0.119. The van der Waals surface area contributed by atoms with Crippen LogP contribution in [-0.4, -0.2) is 71.5 Å². The third-order valence-electron chi connectivity index (χ3n) is 6.06. The van der Waals surface area contributed by atoms with Crippen molar-refractivity contribution in [3.05, 3.63) is 24.3 Å². The Morgan fingerprint density at radius 2 is 1.82 bits per heavy atom. The summed E-state index contributed by atoms with van der Waals surface area (Å²) in [4.78, 5) is 12.6. The fraction of sp³-hybridized carbons (Fsp3) is 0.591. The van der Waals surface area contributed by atoms with Gasteiger partial charge < -0.3 is 14.6 Å². The minimum absolute atomic E-state index is 0.0248. The quantitative estimate of drug-likeness (QED) is 0.563. The standard InChI is InChI=1S/C22H31N5O4S2/c1-2-27-21(24-25-22(27)32-16-20(28)23-18-6-4-3-5-7-18)17-8-10-19(11-9-17)33(29,30)26-12-14-31-15-13-26/h8-11,18H,2-7,12-16H2,1H3,(H,23,28). The highest BCUT2D eigenvalue weighted by Crippen LogP contribution is 2.26. The Labute approximate surface area is 199 Å². The second-order valence-electron chi connectivity index (χ2n) is 8.28. The molecule has 2 heterocycles. The smallest absolute Gasteiger partial charge is 0.243 e. The number of nitrogens with zero attached hydrogens (tertiary/aromatic N) is 4. The van der Waals surface area contributed by atoms with Gasteiger partial charge in [0.15, 0.2) is 11.0 Å². The van der Waals surface area contributed by atoms with Crippen LogP contribution in [-0.2, 0) is 26.1 Å². The normalized spacial score (nSPS) is 18.3. The van der Waals surface area contributed by atoms with Gasteiger partial charge in [-0.05, 0) is 44.0 Å². The van der Waals surface area contributed by atoms with Crippen molar-refractivity contribution in [3.8, 4) is 11.4 Å². The Balaban J connectivity index is 1.42. The molecule has 9 nitrogen and oxygen atoms in total. The lowest BCUT2D eigenvalue weighted by Gasteiger charge is -2.26. The highest BCUT2D eigenvalue weighted by molar-refractivity contribution is 7.99. The van der Waals surface area contributed by atoms with E-state index in [4.69, 9.17) is 4.74 Å². The molecule has 0 bridgehead atoms. The van der Waals surface area contributed by atoms with E-state index in [-0.39, 0.29) is 10.8 Å².